The summed E-state index contributed by atoms with van der Waals surface area (Å²) in [4.78, 5) is 9.62. The van der Waals surface area contributed by atoms with E-state index in [4.69, 9.17) is 4.98 Å². The van der Waals surface area contributed by atoms with E-state index in [2.05, 4.69) is 181 Å². The second-order valence-electron chi connectivity index (χ2n) is 15.9. The van der Waals surface area contributed by atoms with Crippen LogP contribution in [0.4, 0.5) is 0 Å². The van der Waals surface area contributed by atoms with E-state index >= 15 is 0 Å². The topological polar surface area (TPSA) is 30.7 Å². The van der Waals surface area contributed by atoms with Gasteiger partial charge in [0.1, 0.15) is 0 Å². The summed E-state index contributed by atoms with van der Waals surface area (Å²) in [5.74, 6) is 0. The van der Waals surface area contributed by atoms with Crippen LogP contribution in [-0.2, 0) is 0 Å². The fourth-order valence-electron chi connectivity index (χ4n) is 9.70. The molecule has 0 atom stereocenters. The predicted octanol–water partition coefficient (Wildman–Crippen LogP) is 14.9. The van der Waals surface area contributed by atoms with Crippen LogP contribution in [0.5, 0.6) is 0 Å². The van der Waals surface area contributed by atoms with E-state index in [1.54, 1.807) is 0 Å². The van der Waals surface area contributed by atoms with Crippen LogP contribution in [0.3, 0.4) is 0 Å². The number of hydrogen-bond acceptors (Lipinski definition) is 2. The normalized spacial score (nSPS) is 11.9. The van der Waals surface area contributed by atoms with E-state index in [0.29, 0.717) is 0 Å². The number of aromatic nitrogens is 3. The van der Waals surface area contributed by atoms with Crippen LogP contribution in [0, 0.1) is 13.8 Å². The van der Waals surface area contributed by atoms with Gasteiger partial charge in [-0.25, -0.2) is 0 Å². The molecule has 0 amide bonds. The van der Waals surface area contributed by atoms with Gasteiger partial charge >= 0.3 is 0 Å². The molecule has 3 aromatic heterocycles. The summed E-state index contributed by atoms with van der Waals surface area (Å²) in [5, 5.41) is 11.3. The van der Waals surface area contributed by atoms with Crippen molar-refractivity contribution in [1.29, 1.82) is 0 Å². The molecule has 3 nitrogen and oxygen atoms in total. The Morgan fingerprint density at radius 3 is 1.97 bits per heavy atom. The number of nitrogens with zero attached hydrogens (tertiary/aromatic N) is 3. The first-order valence-electron chi connectivity index (χ1n) is 20.3. The van der Waals surface area contributed by atoms with Gasteiger partial charge in [-0.15, -0.1) is 0 Å². The SMILES string of the molecule is Cc1cc(-c2ccc3c(c2)c2ccccc2n3-c2ccccc2)ccc1-c1c(C)cc2ccc3c(-c4ccc(-c5cnc6ccccc6c5)nc4)ccc4ccc1c2c43. The zero-order valence-electron chi connectivity index (χ0n) is 32.7. The Morgan fingerprint density at radius 1 is 0.390 bits per heavy atom. The number of pyridine rings is 2. The highest BCUT2D eigenvalue weighted by atomic mass is 15.0. The fraction of sp³-hybridized carbons (Fsp3) is 0.0357. The van der Waals surface area contributed by atoms with Crippen LogP contribution in [0.15, 0.2) is 188 Å². The Bertz CT molecular complexity index is 3620. The van der Waals surface area contributed by atoms with Gasteiger partial charge in [-0.2, -0.15) is 0 Å². The maximum atomic E-state index is 4.95. The molecule has 0 N–H and O–H groups in total. The Labute approximate surface area is 341 Å². The minimum Gasteiger partial charge on any atom is -0.309 e. The van der Waals surface area contributed by atoms with E-state index in [0.717, 1.165) is 27.7 Å². The lowest BCUT2D eigenvalue weighted by Crippen LogP contribution is -1.94. The largest absolute Gasteiger partial charge is 0.309 e. The summed E-state index contributed by atoms with van der Waals surface area (Å²) < 4.78 is 2.38. The van der Waals surface area contributed by atoms with Crippen molar-refractivity contribution in [2.75, 3.05) is 0 Å². The lowest BCUT2D eigenvalue weighted by Gasteiger charge is -2.19. The van der Waals surface area contributed by atoms with Crippen LogP contribution in [0.25, 0.3) is 115 Å². The predicted molar refractivity (Wildman–Crippen MR) is 249 cm³/mol. The van der Waals surface area contributed by atoms with E-state index in [-0.39, 0.29) is 0 Å². The van der Waals surface area contributed by atoms with E-state index in [1.807, 2.05) is 30.6 Å². The minimum absolute atomic E-state index is 0.919. The molecule has 0 aliphatic carbocycles. The highest BCUT2D eigenvalue weighted by Gasteiger charge is 2.19. The molecule has 0 fully saturated rings. The van der Waals surface area contributed by atoms with E-state index in [1.165, 1.54) is 98.8 Å². The molecule has 3 heterocycles. The molecule has 12 aromatic rings. The molecule has 0 spiro atoms. The molecule has 276 valence electrons. The molecule has 9 aromatic carbocycles. The average molecular weight is 752 g/mol. The van der Waals surface area contributed by atoms with Crippen molar-refractivity contribution >= 4 is 65.0 Å². The van der Waals surface area contributed by atoms with Gasteiger partial charge in [0.15, 0.2) is 0 Å². The van der Waals surface area contributed by atoms with Crippen LogP contribution >= 0.6 is 0 Å². The van der Waals surface area contributed by atoms with Crippen LogP contribution in [0.2, 0.25) is 0 Å². The highest BCUT2D eigenvalue weighted by molar-refractivity contribution is 6.28. The van der Waals surface area contributed by atoms with Gasteiger partial charge in [-0.05, 0) is 134 Å². The van der Waals surface area contributed by atoms with Gasteiger partial charge in [0.2, 0.25) is 0 Å². The van der Waals surface area contributed by atoms with Gasteiger partial charge in [-0.1, -0.05) is 127 Å². The van der Waals surface area contributed by atoms with Crippen molar-refractivity contribution in [3.63, 3.8) is 0 Å². The van der Waals surface area contributed by atoms with Gasteiger partial charge in [0.25, 0.3) is 0 Å². The molecule has 0 unspecified atom stereocenters. The van der Waals surface area contributed by atoms with Crippen molar-refractivity contribution in [2.24, 2.45) is 0 Å². The fourth-order valence-corrected chi connectivity index (χ4v) is 9.70. The summed E-state index contributed by atoms with van der Waals surface area (Å²) in [6.45, 7) is 4.52. The summed E-state index contributed by atoms with van der Waals surface area (Å²) in [6.07, 6.45) is 3.93. The molecular formula is C56H37N3. The highest BCUT2D eigenvalue weighted by Crippen LogP contribution is 2.45. The molecule has 0 radical (unpaired) electrons. The van der Waals surface area contributed by atoms with Gasteiger partial charge in [0, 0.05) is 45.4 Å². The van der Waals surface area contributed by atoms with Gasteiger partial charge in [-0.3, -0.25) is 9.97 Å². The van der Waals surface area contributed by atoms with Crippen LogP contribution < -0.4 is 0 Å². The number of aryl methyl sites for hydroxylation is 2. The summed E-state index contributed by atoms with van der Waals surface area (Å²) in [6, 6.07) is 64.2. The number of fused-ring (bicyclic) bond motifs is 4. The molecule has 0 saturated heterocycles. The first-order chi connectivity index (χ1) is 29.1. The smallest absolute Gasteiger partial charge is 0.0718 e. The third kappa shape index (κ3) is 5.21. The van der Waals surface area contributed by atoms with E-state index < -0.39 is 0 Å². The van der Waals surface area contributed by atoms with Crippen LogP contribution in [-0.4, -0.2) is 14.5 Å². The quantitative estimate of drug-likeness (QED) is 0.164. The summed E-state index contributed by atoms with van der Waals surface area (Å²) in [5.41, 5.74) is 16.4. The van der Waals surface area contributed by atoms with Crippen molar-refractivity contribution in [3.05, 3.63) is 199 Å². The van der Waals surface area contributed by atoms with Gasteiger partial charge in [0.05, 0.1) is 22.2 Å². The Balaban J connectivity index is 0.950. The van der Waals surface area contributed by atoms with Crippen LogP contribution in [0.1, 0.15) is 11.1 Å². The van der Waals surface area contributed by atoms with Crippen molar-refractivity contribution in [3.8, 4) is 50.3 Å². The number of para-hydroxylation sites is 3. The molecule has 0 saturated carbocycles. The Hall–Kier alpha value is -7.62. The molecular weight excluding hydrogens is 715 g/mol. The summed E-state index contributed by atoms with van der Waals surface area (Å²) >= 11 is 0. The third-order valence-corrected chi connectivity index (χ3v) is 12.5. The molecule has 0 aliphatic rings. The third-order valence-electron chi connectivity index (χ3n) is 12.5. The molecule has 0 aliphatic heterocycles. The van der Waals surface area contributed by atoms with Crippen molar-refractivity contribution in [2.45, 2.75) is 13.8 Å². The molecule has 0 bridgehead atoms. The monoisotopic (exact) mass is 751 g/mol. The second-order valence-corrected chi connectivity index (χ2v) is 15.9. The molecule has 3 heteroatoms. The zero-order valence-corrected chi connectivity index (χ0v) is 32.7. The Kier molecular flexibility index (Phi) is 7.36. The first kappa shape index (κ1) is 33.5. The molecule has 59 heavy (non-hydrogen) atoms. The number of rotatable bonds is 5. The minimum atomic E-state index is 0.919. The Morgan fingerprint density at radius 2 is 1.08 bits per heavy atom. The lowest BCUT2D eigenvalue weighted by molar-refractivity contribution is 1.18. The van der Waals surface area contributed by atoms with Gasteiger partial charge < -0.3 is 4.57 Å². The second kappa shape index (κ2) is 13.0. The van der Waals surface area contributed by atoms with Crippen molar-refractivity contribution in [1.82, 2.24) is 14.5 Å². The number of hydrogen-bond donors (Lipinski definition) is 0. The average Bonchev–Trinajstić information content (AvgIpc) is 3.62. The van der Waals surface area contributed by atoms with E-state index in [9.17, 15) is 0 Å². The van der Waals surface area contributed by atoms with Crippen molar-refractivity contribution < 1.29 is 0 Å². The maximum absolute atomic E-state index is 4.95. The maximum Gasteiger partial charge on any atom is 0.0718 e. The first-order valence-corrected chi connectivity index (χ1v) is 20.3. The summed E-state index contributed by atoms with van der Waals surface area (Å²) in [7, 11) is 0. The number of benzene rings is 9. The molecule has 12 rings (SSSR count). The lowest BCUT2D eigenvalue weighted by atomic mass is 9.84. The zero-order chi connectivity index (χ0) is 39.2. The standard InChI is InChI=1S/C56H37N3/c1-34-28-37(38-21-27-53-49(31-38)46-13-7-9-15-52(46)59(53)43-11-4-3-5-12-43)18-22-44(34)54-35(2)29-40-19-24-47-45(23-16-36-17-25-48(54)56(40)55(36)47)41-20-26-51(57-32-41)42-30-39-10-6-8-14-50(39)58-33-42/h3-33H,1-2H3.